The lowest BCUT2D eigenvalue weighted by Gasteiger charge is -2.21. The minimum atomic E-state index is -0.320. The van der Waals surface area contributed by atoms with Crippen molar-refractivity contribution >= 4 is 29.0 Å². The van der Waals surface area contributed by atoms with Gasteiger partial charge in [0, 0.05) is 17.1 Å². The van der Waals surface area contributed by atoms with E-state index in [4.69, 9.17) is 4.74 Å². The fourth-order valence-corrected chi connectivity index (χ4v) is 3.07. The average molecular weight is 367 g/mol. The zero-order valence-corrected chi connectivity index (χ0v) is 15.2. The van der Waals surface area contributed by atoms with Gasteiger partial charge in [-0.15, -0.1) is 0 Å². The van der Waals surface area contributed by atoms with E-state index < -0.39 is 0 Å². The molecule has 0 radical (unpaired) electrons. The zero-order valence-electron chi connectivity index (χ0n) is 15.2. The summed E-state index contributed by atoms with van der Waals surface area (Å²) >= 11 is 0. The molecule has 1 aliphatic carbocycles. The number of amides is 3. The Kier molecular flexibility index (Phi) is 6.82. The van der Waals surface area contributed by atoms with Crippen LogP contribution in [0.15, 0.2) is 54.6 Å². The minimum Gasteiger partial charge on any atom is -0.368 e. The number of carbonyl (C=O) groups excluding carboxylic acids is 2. The van der Waals surface area contributed by atoms with Crippen molar-refractivity contribution in [3.8, 4) is 0 Å². The van der Waals surface area contributed by atoms with Crippen molar-refractivity contribution in [2.24, 2.45) is 0 Å². The largest absolute Gasteiger partial charge is 0.368 e. The SMILES string of the molecule is O=C(COC1CCCCC1)Nc1ccc(NC(=O)Nc2ccccc2)cc1. The number of hydrogen-bond donors (Lipinski definition) is 3. The third kappa shape index (κ3) is 6.42. The van der Waals surface area contributed by atoms with Gasteiger partial charge in [-0.25, -0.2) is 4.79 Å². The molecule has 0 unspecified atom stereocenters. The summed E-state index contributed by atoms with van der Waals surface area (Å²) in [6.07, 6.45) is 5.91. The molecule has 142 valence electrons. The van der Waals surface area contributed by atoms with Gasteiger partial charge < -0.3 is 20.7 Å². The highest BCUT2D eigenvalue weighted by Gasteiger charge is 2.15. The second-order valence-electron chi connectivity index (χ2n) is 6.64. The Balaban J connectivity index is 1.42. The Morgan fingerprint density at radius 3 is 1.96 bits per heavy atom. The molecule has 0 heterocycles. The molecule has 0 spiro atoms. The molecule has 1 aliphatic rings. The van der Waals surface area contributed by atoms with Gasteiger partial charge in [-0.2, -0.15) is 0 Å². The summed E-state index contributed by atoms with van der Waals surface area (Å²) in [5, 5.41) is 8.31. The fourth-order valence-electron chi connectivity index (χ4n) is 3.07. The van der Waals surface area contributed by atoms with E-state index in [0.29, 0.717) is 11.4 Å². The number of ether oxygens (including phenoxy) is 1. The highest BCUT2D eigenvalue weighted by molar-refractivity contribution is 6.00. The van der Waals surface area contributed by atoms with Gasteiger partial charge in [0.1, 0.15) is 6.61 Å². The van der Waals surface area contributed by atoms with E-state index in [-0.39, 0.29) is 24.6 Å². The highest BCUT2D eigenvalue weighted by atomic mass is 16.5. The molecule has 0 atom stereocenters. The van der Waals surface area contributed by atoms with Crippen LogP contribution in [0, 0.1) is 0 Å². The molecule has 0 aliphatic heterocycles. The molecule has 3 N–H and O–H groups in total. The number of hydrogen-bond acceptors (Lipinski definition) is 3. The van der Waals surface area contributed by atoms with Crippen molar-refractivity contribution in [1.82, 2.24) is 0 Å². The van der Waals surface area contributed by atoms with Crippen molar-refractivity contribution in [3.05, 3.63) is 54.6 Å². The second-order valence-corrected chi connectivity index (χ2v) is 6.64. The van der Waals surface area contributed by atoms with Crippen LogP contribution in [-0.2, 0) is 9.53 Å². The van der Waals surface area contributed by atoms with Crippen molar-refractivity contribution in [1.29, 1.82) is 0 Å². The molecule has 6 nitrogen and oxygen atoms in total. The first kappa shape index (κ1) is 18.9. The van der Waals surface area contributed by atoms with Crippen LogP contribution in [0.1, 0.15) is 32.1 Å². The molecule has 3 amide bonds. The molecule has 3 rings (SSSR count). The Hall–Kier alpha value is -2.86. The topological polar surface area (TPSA) is 79.5 Å². The number of rotatable bonds is 6. The summed E-state index contributed by atoms with van der Waals surface area (Å²) in [4.78, 5) is 24.0. The van der Waals surface area contributed by atoms with Gasteiger partial charge in [0.05, 0.1) is 6.10 Å². The first-order valence-corrected chi connectivity index (χ1v) is 9.33. The Morgan fingerprint density at radius 1 is 0.778 bits per heavy atom. The standard InChI is InChI=1S/C21H25N3O3/c25-20(15-27-19-9-5-2-6-10-19)22-17-11-13-18(14-12-17)24-21(26)23-16-7-3-1-4-8-16/h1,3-4,7-8,11-14,19H,2,5-6,9-10,15H2,(H,22,25)(H2,23,24,26). The van der Waals surface area contributed by atoms with Gasteiger partial charge in [-0.05, 0) is 49.2 Å². The van der Waals surface area contributed by atoms with E-state index in [1.807, 2.05) is 30.3 Å². The first-order valence-electron chi connectivity index (χ1n) is 9.33. The second kappa shape index (κ2) is 9.73. The van der Waals surface area contributed by atoms with Crippen LogP contribution in [0.3, 0.4) is 0 Å². The number of anilines is 3. The number of urea groups is 1. The maximum Gasteiger partial charge on any atom is 0.323 e. The van der Waals surface area contributed by atoms with E-state index in [0.717, 1.165) is 18.5 Å². The molecule has 6 heteroatoms. The van der Waals surface area contributed by atoms with E-state index in [1.165, 1.54) is 19.3 Å². The predicted molar refractivity (Wildman–Crippen MR) is 107 cm³/mol. The van der Waals surface area contributed by atoms with Gasteiger partial charge in [0.15, 0.2) is 0 Å². The van der Waals surface area contributed by atoms with Crippen molar-refractivity contribution in [2.75, 3.05) is 22.6 Å². The maximum absolute atomic E-state index is 12.0. The summed E-state index contributed by atoms with van der Waals surface area (Å²) in [6.45, 7) is 0.0736. The molecule has 0 saturated heterocycles. The predicted octanol–water partition coefficient (Wildman–Crippen LogP) is 4.62. The molecule has 0 aromatic heterocycles. The van der Waals surface area contributed by atoms with Crippen molar-refractivity contribution in [2.45, 2.75) is 38.2 Å². The van der Waals surface area contributed by atoms with E-state index in [1.54, 1.807) is 24.3 Å². The molecular formula is C21H25N3O3. The summed E-state index contributed by atoms with van der Waals surface area (Å²) < 4.78 is 5.67. The lowest BCUT2D eigenvalue weighted by Crippen LogP contribution is -2.24. The summed E-state index contributed by atoms with van der Waals surface area (Å²) in [6, 6.07) is 15.9. The summed E-state index contributed by atoms with van der Waals surface area (Å²) in [7, 11) is 0. The molecule has 2 aromatic carbocycles. The number of carbonyl (C=O) groups is 2. The zero-order chi connectivity index (χ0) is 18.9. The molecular weight excluding hydrogens is 342 g/mol. The van der Waals surface area contributed by atoms with E-state index in [9.17, 15) is 9.59 Å². The quantitative estimate of drug-likeness (QED) is 0.697. The van der Waals surface area contributed by atoms with Crippen LogP contribution in [0.25, 0.3) is 0 Å². The normalized spacial score (nSPS) is 14.4. The van der Waals surface area contributed by atoms with Crippen molar-refractivity contribution < 1.29 is 14.3 Å². The lowest BCUT2D eigenvalue weighted by molar-refractivity contribution is -0.123. The Morgan fingerprint density at radius 2 is 1.33 bits per heavy atom. The third-order valence-corrected chi connectivity index (χ3v) is 4.46. The molecule has 1 fully saturated rings. The van der Waals surface area contributed by atoms with Gasteiger partial charge >= 0.3 is 6.03 Å². The smallest absolute Gasteiger partial charge is 0.323 e. The Labute approximate surface area is 159 Å². The van der Waals surface area contributed by atoms with Crippen LogP contribution in [-0.4, -0.2) is 24.6 Å². The lowest BCUT2D eigenvalue weighted by atomic mass is 9.98. The minimum absolute atomic E-state index is 0.0736. The third-order valence-electron chi connectivity index (χ3n) is 4.46. The van der Waals surface area contributed by atoms with Gasteiger partial charge in [-0.1, -0.05) is 37.5 Å². The number of nitrogens with one attached hydrogen (secondary N) is 3. The van der Waals surface area contributed by atoms with Crippen LogP contribution in [0.4, 0.5) is 21.9 Å². The molecule has 2 aromatic rings. The maximum atomic E-state index is 12.0. The van der Waals surface area contributed by atoms with E-state index in [2.05, 4.69) is 16.0 Å². The monoisotopic (exact) mass is 367 g/mol. The fraction of sp³-hybridized carbons (Fsp3) is 0.333. The summed E-state index contributed by atoms with van der Waals surface area (Å²) in [5.41, 5.74) is 2.03. The van der Waals surface area contributed by atoms with Gasteiger partial charge in [0.25, 0.3) is 0 Å². The highest BCUT2D eigenvalue weighted by Crippen LogP contribution is 2.20. The van der Waals surface area contributed by atoms with Crippen LogP contribution >= 0.6 is 0 Å². The van der Waals surface area contributed by atoms with Gasteiger partial charge in [-0.3, -0.25) is 4.79 Å². The van der Waals surface area contributed by atoms with Crippen LogP contribution < -0.4 is 16.0 Å². The average Bonchev–Trinajstić information content (AvgIpc) is 2.69. The molecule has 0 bridgehead atoms. The van der Waals surface area contributed by atoms with E-state index >= 15 is 0 Å². The summed E-state index contributed by atoms with van der Waals surface area (Å²) in [5.74, 6) is -0.164. The van der Waals surface area contributed by atoms with Crippen LogP contribution in [0.2, 0.25) is 0 Å². The van der Waals surface area contributed by atoms with Gasteiger partial charge in [0.2, 0.25) is 5.91 Å². The molecule has 27 heavy (non-hydrogen) atoms. The first-order chi connectivity index (χ1) is 13.2. The Bertz CT molecular complexity index is 741. The number of para-hydroxylation sites is 1. The molecule has 1 saturated carbocycles. The van der Waals surface area contributed by atoms with Crippen LogP contribution in [0.5, 0.6) is 0 Å². The number of benzene rings is 2. The van der Waals surface area contributed by atoms with Crippen molar-refractivity contribution in [3.63, 3.8) is 0 Å².